The lowest BCUT2D eigenvalue weighted by Gasteiger charge is -2.12. The van der Waals surface area contributed by atoms with Gasteiger partial charge in [0.2, 0.25) is 5.91 Å². The summed E-state index contributed by atoms with van der Waals surface area (Å²) in [6, 6.07) is 17.3. The molecule has 0 fully saturated rings. The van der Waals surface area contributed by atoms with Crippen LogP contribution >= 0.6 is 0 Å². The van der Waals surface area contributed by atoms with Crippen molar-refractivity contribution >= 4 is 28.3 Å². The zero-order valence-electron chi connectivity index (χ0n) is 19.8. The number of hydrogen-bond acceptors (Lipinski definition) is 5. The molecule has 0 saturated carbocycles. The minimum absolute atomic E-state index is 0.253. The van der Waals surface area contributed by atoms with Crippen LogP contribution in [-0.2, 0) is 4.79 Å². The fraction of sp³-hybridized carbons (Fsp3) is 0.214. The fourth-order valence-electron chi connectivity index (χ4n) is 3.81. The molecule has 0 unspecified atom stereocenters. The predicted molar refractivity (Wildman–Crippen MR) is 135 cm³/mol. The molecule has 2 heterocycles. The van der Waals surface area contributed by atoms with Crippen LogP contribution in [0.3, 0.4) is 0 Å². The lowest BCUT2D eigenvalue weighted by Crippen LogP contribution is -2.10. The second-order valence-corrected chi connectivity index (χ2v) is 7.87. The summed E-state index contributed by atoms with van der Waals surface area (Å²) in [7, 11) is 0. The van der Waals surface area contributed by atoms with E-state index >= 15 is 0 Å². The van der Waals surface area contributed by atoms with Crippen molar-refractivity contribution in [3.63, 3.8) is 0 Å². The van der Waals surface area contributed by atoms with Crippen molar-refractivity contribution in [3.05, 3.63) is 78.2 Å². The summed E-state index contributed by atoms with van der Waals surface area (Å²) in [5, 5.41) is 3.76. The Morgan fingerprint density at radius 2 is 1.82 bits per heavy atom. The van der Waals surface area contributed by atoms with Gasteiger partial charge < -0.3 is 19.2 Å². The summed E-state index contributed by atoms with van der Waals surface area (Å²) in [4.78, 5) is 17.0. The van der Waals surface area contributed by atoms with Crippen LogP contribution in [0.15, 0.2) is 71.4 Å². The van der Waals surface area contributed by atoms with Gasteiger partial charge in [-0.3, -0.25) is 4.79 Å². The highest BCUT2D eigenvalue weighted by molar-refractivity contribution is 6.05. The Hall–Kier alpha value is -4.06. The van der Waals surface area contributed by atoms with E-state index < -0.39 is 0 Å². The maximum atomic E-state index is 12.7. The molecule has 0 saturated heterocycles. The molecule has 4 rings (SSSR count). The molecule has 34 heavy (non-hydrogen) atoms. The number of carbonyl (C=O) groups is 1. The van der Waals surface area contributed by atoms with Gasteiger partial charge in [-0.15, -0.1) is 0 Å². The second-order valence-electron chi connectivity index (χ2n) is 7.87. The molecule has 1 N–H and O–H groups in total. The van der Waals surface area contributed by atoms with Gasteiger partial charge in [0, 0.05) is 34.3 Å². The van der Waals surface area contributed by atoms with Gasteiger partial charge in [-0.2, -0.15) is 0 Å². The molecule has 0 radical (unpaired) electrons. The first kappa shape index (κ1) is 23.1. The quantitative estimate of drug-likeness (QED) is 0.301. The van der Waals surface area contributed by atoms with Gasteiger partial charge in [0.25, 0.3) is 0 Å². The van der Waals surface area contributed by atoms with Gasteiger partial charge in [0.05, 0.1) is 19.5 Å². The smallest absolute Gasteiger partial charge is 0.249 e. The molecule has 6 nitrogen and oxygen atoms in total. The Morgan fingerprint density at radius 3 is 2.53 bits per heavy atom. The number of rotatable bonds is 8. The number of benzene rings is 2. The number of anilines is 1. The number of fused-ring (bicyclic) bond motifs is 1. The number of ether oxygens (including phenoxy) is 2. The fourth-order valence-corrected chi connectivity index (χ4v) is 3.81. The van der Waals surface area contributed by atoms with Gasteiger partial charge in [-0.25, -0.2) is 4.98 Å². The van der Waals surface area contributed by atoms with Crippen LogP contribution in [0.4, 0.5) is 5.82 Å². The van der Waals surface area contributed by atoms with E-state index in [-0.39, 0.29) is 5.91 Å². The first-order chi connectivity index (χ1) is 16.5. The largest absolute Gasteiger partial charge is 0.494 e. The average molecular weight is 457 g/mol. The van der Waals surface area contributed by atoms with E-state index in [1.807, 2.05) is 76.2 Å². The molecule has 0 aliphatic heterocycles. The third-order valence-electron chi connectivity index (χ3n) is 5.36. The molecule has 0 atom stereocenters. The van der Waals surface area contributed by atoms with Gasteiger partial charge in [-0.1, -0.05) is 18.2 Å². The molecule has 6 heteroatoms. The number of furan rings is 1. The van der Waals surface area contributed by atoms with Crippen molar-refractivity contribution in [1.29, 1.82) is 0 Å². The molecular formula is C28H28N2O4. The van der Waals surface area contributed by atoms with Crippen molar-refractivity contribution in [2.24, 2.45) is 0 Å². The monoisotopic (exact) mass is 456 g/mol. The second kappa shape index (κ2) is 10.3. The van der Waals surface area contributed by atoms with E-state index in [1.165, 1.54) is 0 Å². The summed E-state index contributed by atoms with van der Waals surface area (Å²) < 4.78 is 17.3. The summed E-state index contributed by atoms with van der Waals surface area (Å²) in [5.41, 5.74) is 5.14. The molecule has 4 aromatic rings. The molecule has 174 valence electrons. The van der Waals surface area contributed by atoms with Gasteiger partial charge in [0.15, 0.2) is 0 Å². The highest BCUT2D eigenvalue weighted by Gasteiger charge is 2.15. The topological polar surface area (TPSA) is 73.6 Å². The number of allylic oxidation sites excluding steroid dienone is 1. The molecule has 0 bridgehead atoms. The van der Waals surface area contributed by atoms with Crippen LogP contribution in [-0.4, -0.2) is 24.1 Å². The zero-order valence-corrected chi connectivity index (χ0v) is 19.8. The molecule has 2 aromatic heterocycles. The van der Waals surface area contributed by atoms with Crippen molar-refractivity contribution in [3.8, 4) is 22.6 Å². The first-order valence-corrected chi connectivity index (χ1v) is 11.3. The number of amides is 1. The highest BCUT2D eigenvalue weighted by atomic mass is 16.5. The Bertz CT molecular complexity index is 1340. The van der Waals surface area contributed by atoms with E-state index in [1.54, 1.807) is 18.4 Å². The van der Waals surface area contributed by atoms with E-state index in [9.17, 15) is 4.79 Å². The van der Waals surface area contributed by atoms with E-state index in [0.717, 1.165) is 44.7 Å². The minimum Gasteiger partial charge on any atom is -0.494 e. The number of hydrogen-bond donors (Lipinski definition) is 1. The lowest BCUT2D eigenvalue weighted by atomic mass is 9.99. The van der Waals surface area contributed by atoms with Gasteiger partial charge in [-0.05, 0) is 69.2 Å². The third-order valence-corrected chi connectivity index (χ3v) is 5.36. The molecule has 2 aromatic carbocycles. The lowest BCUT2D eigenvalue weighted by molar-refractivity contribution is -0.111. The number of aryl methyl sites for hydroxylation is 1. The number of carbonyl (C=O) groups excluding carboxylic acids is 1. The minimum atomic E-state index is -0.253. The molecule has 0 aliphatic carbocycles. The maximum absolute atomic E-state index is 12.7. The normalized spacial score (nSPS) is 11.5. The van der Waals surface area contributed by atoms with Crippen LogP contribution in [0, 0.1) is 6.92 Å². The highest BCUT2D eigenvalue weighted by Crippen LogP contribution is 2.38. The maximum Gasteiger partial charge on any atom is 0.249 e. The van der Waals surface area contributed by atoms with Crippen LogP contribution in [0.25, 0.3) is 27.7 Å². The van der Waals surface area contributed by atoms with Crippen LogP contribution in [0.2, 0.25) is 0 Å². The zero-order chi connectivity index (χ0) is 24.1. The van der Waals surface area contributed by atoms with Gasteiger partial charge >= 0.3 is 0 Å². The number of aromatic nitrogens is 1. The van der Waals surface area contributed by atoms with Crippen molar-refractivity contribution in [1.82, 2.24) is 4.98 Å². The molecule has 1 amide bonds. The SMILES string of the molecule is CCOc1ccc(-c2coc3cc(OCC)c(/C(C)=C/C(=O)Nc4cccc(C)n4)cc23)cc1. The van der Waals surface area contributed by atoms with Crippen LogP contribution in [0.1, 0.15) is 32.0 Å². The van der Waals surface area contributed by atoms with E-state index in [0.29, 0.717) is 24.8 Å². The number of nitrogens with one attached hydrogen (secondary N) is 1. The first-order valence-electron chi connectivity index (χ1n) is 11.3. The summed E-state index contributed by atoms with van der Waals surface area (Å²) >= 11 is 0. The Morgan fingerprint density at radius 1 is 1.06 bits per heavy atom. The average Bonchev–Trinajstić information content (AvgIpc) is 3.22. The van der Waals surface area contributed by atoms with Crippen LogP contribution in [0.5, 0.6) is 11.5 Å². The molecule has 0 aliphatic rings. The summed E-state index contributed by atoms with van der Waals surface area (Å²) in [6.07, 6.45) is 3.30. The van der Waals surface area contributed by atoms with Crippen molar-refractivity contribution < 1.29 is 18.7 Å². The Balaban J connectivity index is 1.70. The standard InChI is InChI=1S/C28H28N2O4/c1-5-32-21-12-10-20(11-13-21)24-17-34-26-16-25(33-6-2)22(15-23(24)26)18(3)14-28(31)30-27-9-7-8-19(4)29-27/h7-17H,5-6H2,1-4H3,(H,29,30,31)/b18-14+. The summed E-state index contributed by atoms with van der Waals surface area (Å²) in [6.45, 7) is 8.78. The van der Waals surface area contributed by atoms with Gasteiger partial charge in [0.1, 0.15) is 22.9 Å². The van der Waals surface area contributed by atoms with Crippen molar-refractivity contribution in [2.45, 2.75) is 27.7 Å². The molecular weight excluding hydrogens is 428 g/mol. The summed E-state index contributed by atoms with van der Waals surface area (Å²) in [5.74, 6) is 1.75. The Kier molecular flexibility index (Phi) is 6.97. The third kappa shape index (κ3) is 5.12. The number of nitrogens with zero attached hydrogens (tertiary/aromatic N) is 1. The molecule has 0 spiro atoms. The van der Waals surface area contributed by atoms with Crippen LogP contribution < -0.4 is 14.8 Å². The predicted octanol–water partition coefficient (Wildman–Crippen LogP) is 6.64. The Labute approximate surface area is 199 Å². The number of pyridine rings is 1. The van der Waals surface area contributed by atoms with Crippen molar-refractivity contribution in [2.75, 3.05) is 18.5 Å². The van der Waals surface area contributed by atoms with E-state index in [4.69, 9.17) is 13.9 Å². The van der Waals surface area contributed by atoms with E-state index in [2.05, 4.69) is 10.3 Å².